The number of hydrogen-bond donors (Lipinski definition) is 0. The normalized spacial score (nSPS) is 12.7. The summed E-state index contributed by atoms with van der Waals surface area (Å²) in [5.74, 6) is 0. The summed E-state index contributed by atoms with van der Waals surface area (Å²) in [6.07, 6.45) is 0. The lowest BCUT2D eigenvalue weighted by Gasteiger charge is -2.20. The number of hydrogen-bond acceptors (Lipinski definition) is 3. The molecule has 0 amide bonds. The van der Waals surface area contributed by atoms with Gasteiger partial charge in [0.15, 0.2) is 0 Å². The zero-order chi connectivity index (χ0) is 13.1. The number of alkyl halides is 1. The molecule has 0 spiro atoms. The van der Waals surface area contributed by atoms with E-state index in [1.165, 1.54) is 12.1 Å². The second-order valence-electron chi connectivity index (χ2n) is 4.47. The van der Waals surface area contributed by atoms with Gasteiger partial charge in [-0.15, -0.1) is 0 Å². The minimum atomic E-state index is -3.66. The quantitative estimate of drug-likeness (QED) is 0.574. The third kappa shape index (κ3) is 4.69. The Morgan fingerprint density at radius 1 is 1.24 bits per heavy atom. The van der Waals surface area contributed by atoms with E-state index in [4.69, 9.17) is 4.18 Å². The van der Waals surface area contributed by atoms with Crippen molar-refractivity contribution in [3.63, 3.8) is 0 Å². The summed E-state index contributed by atoms with van der Waals surface area (Å²) >= 11 is 6.58. The third-order valence-electron chi connectivity index (χ3n) is 2.07. The topological polar surface area (TPSA) is 43.4 Å². The van der Waals surface area contributed by atoms with Gasteiger partial charge in [0.1, 0.15) is 0 Å². The highest BCUT2D eigenvalue weighted by Gasteiger charge is 2.22. The smallest absolute Gasteiger partial charge is 0.266 e. The molecule has 96 valence electrons. The summed E-state index contributed by atoms with van der Waals surface area (Å²) < 4.78 is 29.6. The van der Waals surface area contributed by atoms with E-state index < -0.39 is 10.1 Å². The lowest BCUT2D eigenvalue weighted by molar-refractivity contribution is 0.208. The molecule has 0 atom stereocenters. The largest absolute Gasteiger partial charge is 0.296 e. The molecule has 0 heterocycles. The molecule has 0 radical (unpaired) electrons. The summed E-state index contributed by atoms with van der Waals surface area (Å²) in [5.41, 5.74) is -0.220. The molecule has 0 aliphatic heterocycles. The molecule has 0 aliphatic carbocycles. The maximum Gasteiger partial charge on any atom is 0.296 e. The van der Waals surface area contributed by atoms with Crippen LogP contribution in [0, 0.1) is 5.41 Å². The Labute approximate surface area is 119 Å². The van der Waals surface area contributed by atoms with Gasteiger partial charge >= 0.3 is 0 Å². The number of benzene rings is 1. The number of rotatable bonds is 5. The van der Waals surface area contributed by atoms with E-state index in [1.807, 2.05) is 13.8 Å². The van der Waals surface area contributed by atoms with Crippen LogP contribution in [0.15, 0.2) is 33.6 Å². The van der Waals surface area contributed by atoms with Crippen molar-refractivity contribution >= 4 is 42.0 Å². The van der Waals surface area contributed by atoms with Crippen molar-refractivity contribution in [3.05, 3.63) is 28.7 Å². The van der Waals surface area contributed by atoms with Crippen LogP contribution in [0.1, 0.15) is 13.8 Å². The van der Waals surface area contributed by atoms with E-state index >= 15 is 0 Å². The molecule has 1 rings (SSSR count). The SMILES string of the molecule is CC(C)(CBr)COS(=O)(=O)c1ccc(Br)cc1. The molecule has 6 heteroatoms. The molecule has 0 aliphatic rings. The van der Waals surface area contributed by atoms with Crippen molar-refractivity contribution in [1.29, 1.82) is 0 Å². The predicted octanol–water partition coefficient (Wildman–Crippen LogP) is 3.58. The average molecular weight is 386 g/mol. The highest BCUT2D eigenvalue weighted by atomic mass is 79.9. The lowest BCUT2D eigenvalue weighted by atomic mass is 9.99. The van der Waals surface area contributed by atoms with E-state index in [1.54, 1.807) is 12.1 Å². The summed E-state index contributed by atoms with van der Waals surface area (Å²) in [5, 5.41) is 0.676. The second-order valence-corrected chi connectivity index (χ2v) is 7.56. The molecule has 1 aromatic carbocycles. The fourth-order valence-electron chi connectivity index (χ4n) is 0.945. The van der Waals surface area contributed by atoms with Crippen molar-refractivity contribution in [3.8, 4) is 0 Å². The molecule has 3 nitrogen and oxygen atoms in total. The summed E-state index contributed by atoms with van der Waals surface area (Å²) in [7, 11) is -3.66. The van der Waals surface area contributed by atoms with Crippen molar-refractivity contribution in [2.45, 2.75) is 18.7 Å². The maximum absolute atomic E-state index is 11.9. The molecule has 17 heavy (non-hydrogen) atoms. The average Bonchev–Trinajstić information content (AvgIpc) is 2.27. The Kier molecular flexibility index (Phi) is 5.19. The monoisotopic (exact) mass is 384 g/mol. The van der Waals surface area contributed by atoms with Gasteiger partial charge in [0.25, 0.3) is 10.1 Å². The fraction of sp³-hybridized carbons (Fsp3) is 0.455. The zero-order valence-corrected chi connectivity index (χ0v) is 13.6. The molecule has 0 bridgehead atoms. The lowest BCUT2D eigenvalue weighted by Crippen LogP contribution is -2.23. The van der Waals surface area contributed by atoms with Crippen LogP contribution >= 0.6 is 31.9 Å². The standard InChI is InChI=1S/C11H14Br2O3S/c1-11(2,7-12)8-16-17(14,15)10-5-3-9(13)4-6-10/h3-6H,7-8H2,1-2H3. The molecule has 0 saturated carbocycles. The van der Waals surface area contributed by atoms with Crippen LogP contribution in [0.2, 0.25) is 0 Å². The minimum Gasteiger partial charge on any atom is -0.266 e. The van der Waals surface area contributed by atoms with Crippen molar-refractivity contribution < 1.29 is 12.6 Å². The van der Waals surface area contributed by atoms with Gasteiger partial charge in [-0.3, -0.25) is 4.18 Å². The van der Waals surface area contributed by atoms with Crippen molar-refractivity contribution in [1.82, 2.24) is 0 Å². The van der Waals surface area contributed by atoms with Gasteiger partial charge in [-0.05, 0) is 29.7 Å². The minimum absolute atomic E-state index is 0.149. The predicted molar refractivity (Wildman–Crippen MR) is 74.9 cm³/mol. The van der Waals surface area contributed by atoms with Crippen molar-refractivity contribution in [2.24, 2.45) is 5.41 Å². The summed E-state index contributed by atoms with van der Waals surface area (Å²) in [6.45, 7) is 4.01. The van der Waals surface area contributed by atoms with E-state index in [2.05, 4.69) is 31.9 Å². The molecule has 0 unspecified atom stereocenters. The molecular formula is C11H14Br2O3S. The summed E-state index contributed by atoms with van der Waals surface area (Å²) in [6, 6.07) is 6.37. The third-order valence-corrected chi connectivity index (χ3v) is 5.39. The number of halogens is 2. The van der Waals surface area contributed by atoms with Crippen LogP contribution in [0.4, 0.5) is 0 Å². The summed E-state index contributed by atoms with van der Waals surface area (Å²) in [4.78, 5) is 0.172. The Morgan fingerprint density at radius 2 is 1.76 bits per heavy atom. The first-order valence-electron chi connectivity index (χ1n) is 4.98. The Bertz CT molecular complexity index is 466. The van der Waals surface area contributed by atoms with Gasteiger partial charge in [-0.25, -0.2) is 0 Å². The van der Waals surface area contributed by atoms with Crippen LogP contribution in [0.3, 0.4) is 0 Å². The molecule has 0 saturated heterocycles. The Balaban J connectivity index is 2.79. The maximum atomic E-state index is 11.9. The Morgan fingerprint density at radius 3 is 2.24 bits per heavy atom. The molecule has 0 fully saturated rings. The first kappa shape index (κ1) is 15.1. The molecule has 0 N–H and O–H groups in total. The zero-order valence-electron chi connectivity index (χ0n) is 9.61. The Hall–Kier alpha value is 0.0900. The first-order valence-corrected chi connectivity index (χ1v) is 8.30. The van der Waals surface area contributed by atoms with Crippen LogP contribution < -0.4 is 0 Å². The highest BCUT2D eigenvalue weighted by Crippen LogP contribution is 2.22. The molecular weight excluding hydrogens is 372 g/mol. The van der Waals surface area contributed by atoms with Crippen LogP contribution in [0.5, 0.6) is 0 Å². The first-order chi connectivity index (χ1) is 7.77. The van der Waals surface area contributed by atoms with E-state index in [-0.39, 0.29) is 16.9 Å². The van der Waals surface area contributed by atoms with Gasteiger partial charge < -0.3 is 0 Å². The van der Waals surface area contributed by atoms with E-state index in [0.29, 0.717) is 5.33 Å². The van der Waals surface area contributed by atoms with E-state index in [0.717, 1.165) is 4.47 Å². The van der Waals surface area contributed by atoms with Crippen molar-refractivity contribution in [2.75, 3.05) is 11.9 Å². The van der Waals surface area contributed by atoms with Crippen LogP contribution in [-0.2, 0) is 14.3 Å². The molecule has 0 aromatic heterocycles. The van der Waals surface area contributed by atoms with Crippen LogP contribution in [0.25, 0.3) is 0 Å². The van der Waals surface area contributed by atoms with Gasteiger partial charge in [0.05, 0.1) is 11.5 Å². The van der Waals surface area contributed by atoms with Gasteiger partial charge in [-0.1, -0.05) is 45.7 Å². The fourth-order valence-corrected chi connectivity index (χ4v) is 2.45. The van der Waals surface area contributed by atoms with Gasteiger partial charge in [-0.2, -0.15) is 8.42 Å². The second kappa shape index (κ2) is 5.82. The van der Waals surface area contributed by atoms with E-state index in [9.17, 15) is 8.42 Å². The van der Waals surface area contributed by atoms with Crippen LogP contribution in [-0.4, -0.2) is 20.4 Å². The molecule has 1 aromatic rings. The van der Waals surface area contributed by atoms with Gasteiger partial charge in [0.2, 0.25) is 0 Å². The van der Waals surface area contributed by atoms with Gasteiger partial charge in [0, 0.05) is 9.80 Å². The highest BCUT2D eigenvalue weighted by molar-refractivity contribution is 9.10.